The number of hydrogen-bond donors (Lipinski definition) is 1. The molecule has 0 saturated heterocycles. The molecular formula is C18H27N3S. The van der Waals surface area contributed by atoms with Crippen molar-refractivity contribution in [2.24, 2.45) is 5.73 Å². The number of hydrogen-bond acceptors (Lipinski definition) is 4. The molecule has 0 aliphatic heterocycles. The fraction of sp³-hybridized carbons (Fsp3) is 0.500. The predicted molar refractivity (Wildman–Crippen MR) is 96.2 cm³/mol. The van der Waals surface area contributed by atoms with Gasteiger partial charge in [-0.25, -0.2) is 4.98 Å². The number of aromatic nitrogens is 1. The van der Waals surface area contributed by atoms with E-state index in [2.05, 4.69) is 53.4 Å². The molecule has 1 aromatic carbocycles. The molecule has 22 heavy (non-hydrogen) atoms. The van der Waals surface area contributed by atoms with Gasteiger partial charge in [0.05, 0.1) is 5.69 Å². The van der Waals surface area contributed by atoms with Crippen LogP contribution in [-0.2, 0) is 13.0 Å². The number of rotatable bonds is 9. The van der Waals surface area contributed by atoms with E-state index in [0.29, 0.717) is 6.54 Å². The first-order valence-electron chi connectivity index (χ1n) is 8.23. The molecule has 120 valence electrons. The smallest absolute Gasteiger partial charge is 0.123 e. The zero-order valence-corrected chi connectivity index (χ0v) is 14.5. The van der Waals surface area contributed by atoms with E-state index in [1.165, 1.54) is 37.1 Å². The molecule has 0 bridgehead atoms. The molecule has 0 radical (unpaired) electrons. The van der Waals surface area contributed by atoms with Gasteiger partial charge in [0.2, 0.25) is 0 Å². The molecule has 0 aliphatic rings. The second kappa shape index (κ2) is 9.03. The Hall–Kier alpha value is -1.23. The van der Waals surface area contributed by atoms with Crippen LogP contribution in [0.4, 0.5) is 0 Å². The van der Waals surface area contributed by atoms with Gasteiger partial charge >= 0.3 is 0 Å². The van der Waals surface area contributed by atoms with E-state index in [1.54, 1.807) is 11.3 Å². The maximum absolute atomic E-state index is 5.58. The minimum atomic E-state index is 0.660. The van der Waals surface area contributed by atoms with Crippen molar-refractivity contribution in [3.05, 3.63) is 40.9 Å². The van der Waals surface area contributed by atoms with E-state index in [9.17, 15) is 0 Å². The standard InChI is InChI=1S/C18H27N3S/c1-3-11-21(12-4-2)13-15-5-7-16(8-6-15)18-20-17(9-10-19)14-22-18/h5-8,14H,3-4,9-13,19H2,1-2H3. The first-order chi connectivity index (χ1) is 10.8. The minimum absolute atomic E-state index is 0.660. The Morgan fingerprint density at radius 3 is 2.36 bits per heavy atom. The zero-order valence-electron chi connectivity index (χ0n) is 13.7. The first kappa shape index (κ1) is 17.1. The van der Waals surface area contributed by atoms with Gasteiger partial charge in [0, 0.05) is 23.9 Å². The van der Waals surface area contributed by atoms with Crippen LogP contribution < -0.4 is 5.73 Å². The van der Waals surface area contributed by atoms with Crippen LogP contribution in [0.1, 0.15) is 37.9 Å². The van der Waals surface area contributed by atoms with Crippen molar-refractivity contribution in [1.82, 2.24) is 9.88 Å². The zero-order chi connectivity index (χ0) is 15.8. The quantitative estimate of drug-likeness (QED) is 0.762. The lowest BCUT2D eigenvalue weighted by Crippen LogP contribution is -2.24. The van der Waals surface area contributed by atoms with Crippen LogP contribution >= 0.6 is 11.3 Å². The van der Waals surface area contributed by atoms with Crippen molar-refractivity contribution >= 4 is 11.3 Å². The highest BCUT2D eigenvalue weighted by Crippen LogP contribution is 2.24. The summed E-state index contributed by atoms with van der Waals surface area (Å²) >= 11 is 1.70. The molecule has 2 rings (SSSR count). The van der Waals surface area contributed by atoms with E-state index in [-0.39, 0.29) is 0 Å². The predicted octanol–water partition coefficient (Wildman–Crippen LogP) is 3.93. The SMILES string of the molecule is CCCN(CCC)Cc1ccc(-c2nc(CCN)cs2)cc1. The highest BCUT2D eigenvalue weighted by molar-refractivity contribution is 7.13. The highest BCUT2D eigenvalue weighted by Gasteiger charge is 2.07. The van der Waals surface area contributed by atoms with Gasteiger partial charge in [0.15, 0.2) is 0 Å². The van der Waals surface area contributed by atoms with Crippen LogP contribution in [0.25, 0.3) is 10.6 Å². The second-order valence-corrected chi connectivity index (χ2v) is 6.51. The molecule has 3 nitrogen and oxygen atoms in total. The molecule has 0 aliphatic carbocycles. The second-order valence-electron chi connectivity index (χ2n) is 5.66. The Morgan fingerprint density at radius 2 is 1.77 bits per heavy atom. The molecule has 0 saturated carbocycles. The first-order valence-corrected chi connectivity index (χ1v) is 9.10. The van der Waals surface area contributed by atoms with Gasteiger partial charge in [0.1, 0.15) is 5.01 Å². The fourth-order valence-corrected chi connectivity index (χ4v) is 3.48. The van der Waals surface area contributed by atoms with Crippen LogP contribution in [0, 0.1) is 0 Å². The fourth-order valence-electron chi connectivity index (χ4n) is 2.62. The van der Waals surface area contributed by atoms with Gasteiger partial charge in [-0.1, -0.05) is 38.1 Å². The van der Waals surface area contributed by atoms with E-state index in [0.717, 1.165) is 23.7 Å². The Balaban J connectivity index is 2.02. The maximum atomic E-state index is 5.58. The lowest BCUT2D eigenvalue weighted by molar-refractivity contribution is 0.266. The summed E-state index contributed by atoms with van der Waals surface area (Å²) in [5, 5.41) is 3.20. The third-order valence-electron chi connectivity index (χ3n) is 3.64. The number of benzene rings is 1. The van der Waals surface area contributed by atoms with Gasteiger partial charge in [-0.05, 0) is 38.0 Å². The van der Waals surface area contributed by atoms with E-state index >= 15 is 0 Å². The van der Waals surface area contributed by atoms with Crippen LogP contribution in [0.5, 0.6) is 0 Å². The van der Waals surface area contributed by atoms with Crippen LogP contribution in [0.2, 0.25) is 0 Å². The third-order valence-corrected chi connectivity index (χ3v) is 4.58. The molecule has 2 N–H and O–H groups in total. The van der Waals surface area contributed by atoms with Crippen molar-refractivity contribution in [2.75, 3.05) is 19.6 Å². The van der Waals surface area contributed by atoms with E-state index in [4.69, 9.17) is 5.73 Å². The summed E-state index contributed by atoms with van der Waals surface area (Å²) in [6.45, 7) is 8.53. The van der Waals surface area contributed by atoms with E-state index in [1.807, 2.05) is 0 Å². The molecule has 0 spiro atoms. The number of nitrogens with two attached hydrogens (primary N) is 1. The highest BCUT2D eigenvalue weighted by atomic mass is 32.1. The van der Waals surface area contributed by atoms with Crippen molar-refractivity contribution in [3.63, 3.8) is 0 Å². The Kier molecular flexibility index (Phi) is 7.03. The summed E-state index contributed by atoms with van der Waals surface area (Å²) in [6, 6.07) is 8.85. The Bertz CT molecular complexity index is 542. The number of nitrogens with zero attached hydrogens (tertiary/aromatic N) is 2. The molecule has 0 atom stereocenters. The van der Waals surface area contributed by atoms with E-state index < -0.39 is 0 Å². The summed E-state index contributed by atoms with van der Waals surface area (Å²) in [5.41, 5.74) is 9.27. The average molecular weight is 318 g/mol. The van der Waals surface area contributed by atoms with Gasteiger partial charge in [-0.3, -0.25) is 4.90 Å². The molecule has 1 aromatic heterocycles. The van der Waals surface area contributed by atoms with Crippen molar-refractivity contribution < 1.29 is 0 Å². The van der Waals surface area contributed by atoms with Gasteiger partial charge in [0.25, 0.3) is 0 Å². The molecule has 1 heterocycles. The lowest BCUT2D eigenvalue weighted by atomic mass is 10.1. The largest absolute Gasteiger partial charge is 0.330 e. The van der Waals surface area contributed by atoms with Crippen LogP contribution in [0.15, 0.2) is 29.6 Å². The summed E-state index contributed by atoms with van der Waals surface area (Å²) < 4.78 is 0. The Morgan fingerprint density at radius 1 is 1.09 bits per heavy atom. The molecule has 2 aromatic rings. The molecular weight excluding hydrogens is 290 g/mol. The monoisotopic (exact) mass is 317 g/mol. The van der Waals surface area contributed by atoms with Gasteiger partial charge < -0.3 is 5.73 Å². The maximum Gasteiger partial charge on any atom is 0.123 e. The molecule has 0 amide bonds. The molecule has 0 unspecified atom stereocenters. The van der Waals surface area contributed by atoms with Gasteiger partial charge in [-0.15, -0.1) is 11.3 Å². The minimum Gasteiger partial charge on any atom is -0.330 e. The van der Waals surface area contributed by atoms with Crippen molar-refractivity contribution in [2.45, 2.75) is 39.7 Å². The van der Waals surface area contributed by atoms with Crippen LogP contribution in [-0.4, -0.2) is 29.5 Å². The third kappa shape index (κ3) is 4.90. The average Bonchev–Trinajstić information content (AvgIpc) is 2.98. The summed E-state index contributed by atoms with van der Waals surface area (Å²) in [7, 11) is 0. The summed E-state index contributed by atoms with van der Waals surface area (Å²) in [6.07, 6.45) is 3.28. The number of thiazole rings is 1. The van der Waals surface area contributed by atoms with Crippen LogP contribution in [0.3, 0.4) is 0 Å². The summed E-state index contributed by atoms with van der Waals surface area (Å²) in [4.78, 5) is 7.17. The van der Waals surface area contributed by atoms with Crippen molar-refractivity contribution in [1.29, 1.82) is 0 Å². The normalized spacial score (nSPS) is 11.3. The Labute approximate surface area is 138 Å². The summed E-state index contributed by atoms with van der Waals surface area (Å²) in [5.74, 6) is 0. The van der Waals surface area contributed by atoms with Gasteiger partial charge in [-0.2, -0.15) is 0 Å². The molecule has 4 heteroatoms. The lowest BCUT2D eigenvalue weighted by Gasteiger charge is -2.21. The molecule has 0 fully saturated rings. The van der Waals surface area contributed by atoms with Crippen molar-refractivity contribution in [3.8, 4) is 10.6 Å². The topological polar surface area (TPSA) is 42.2 Å².